The molecule has 1 aromatic carbocycles. The zero-order chi connectivity index (χ0) is 19.0. The summed E-state index contributed by atoms with van der Waals surface area (Å²) >= 11 is 0. The molecule has 0 spiro atoms. The summed E-state index contributed by atoms with van der Waals surface area (Å²) in [4.78, 5) is 4.54. The molecule has 8 heteroatoms. The number of aliphatic imine (C=N–C) groups is 1. The van der Waals surface area contributed by atoms with Gasteiger partial charge >= 0.3 is 0 Å². The summed E-state index contributed by atoms with van der Waals surface area (Å²) in [6.45, 7) is 5.98. The lowest BCUT2D eigenvalue weighted by Crippen LogP contribution is -2.37. The van der Waals surface area contributed by atoms with Crippen LogP contribution in [0.2, 0.25) is 0 Å². The second kappa shape index (κ2) is 11.9. The van der Waals surface area contributed by atoms with Crippen molar-refractivity contribution >= 4 is 40.0 Å². The fourth-order valence-electron chi connectivity index (χ4n) is 2.57. The normalized spacial score (nSPS) is 14.7. The van der Waals surface area contributed by atoms with Crippen molar-refractivity contribution in [2.24, 2.45) is 10.9 Å². The van der Waals surface area contributed by atoms with Gasteiger partial charge in [-0.25, -0.2) is 13.1 Å². The zero-order valence-corrected chi connectivity index (χ0v) is 19.6. The molecule has 154 valence electrons. The number of unbranched alkanes of at least 4 members (excludes halogenated alkanes) is 1. The Morgan fingerprint density at radius 3 is 2.37 bits per heavy atom. The van der Waals surface area contributed by atoms with Gasteiger partial charge in [0.05, 0.1) is 4.90 Å². The van der Waals surface area contributed by atoms with Gasteiger partial charge in [0.1, 0.15) is 0 Å². The first kappa shape index (κ1) is 24.2. The lowest BCUT2D eigenvalue weighted by molar-refractivity contribution is 0.534. The smallest absolute Gasteiger partial charge is 0.240 e. The molecule has 27 heavy (non-hydrogen) atoms. The molecule has 1 fully saturated rings. The van der Waals surface area contributed by atoms with Crippen LogP contribution in [0.25, 0.3) is 0 Å². The fourth-order valence-corrected chi connectivity index (χ4v) is 3.87. The first-order valence-electron chi connectivity index (χ1n) is 9.46. The summed E-state index contributed by atoms with van der Waals surface area (Å²) in [6.07, 6.45) is 5.46. The number of nitrogens with zero attached hydrogens (tertiary/aromatic N) is 1. The Kier molecular flexibility index (Phi) is 10.6. The molecule has 0 heterocycles. The molecule has 0 aliphatic heterocycles. The Balaban J connectivity index is 0.00000364. The van der Waals surface area contributed by atoms with Gasteiger partial charge in [-0.1, -0.05) is 38.8 Å². The highest BCUT2D eigenvalue weighted by Crippen LogP contribution is 2.22. The van der Waals surface area contributed by atoms with E-state index in [4.69, 9.17) is 0 Å². The van der Waals surface area contributed by atoms with Gasteiger partial charge in [0.25, 0.3) is 0 Å². The number of hydrogen-bond donors (Lipinski definition) is 3. The van der Waals surface area contributed by atoms with Crippen molar-refractivity contribution in [1.29, 1.82) is 0 Å². The van der Waals surface area contributed by atoms with Crippen LogP contribution in [0.1, 0.15) is 51.5 Å². The van der Waals surface area contributed by atoms with E-state index in [1.807, 2.05) is 12.1 Å². The van der Waals surface area contributed by atoms with E-state index < -0.39 is 10.0 Å². The third-order valence-electron chi connectivity index (χ3n) is 4.32. The van der Waals surface area contributed by atoms with E-state index in [9.17, 15) is 8.42 Å². The van der Waals surface area contributed by atoms with Crippen LogP contribution in [0.5, 0.6) is 0 Å². The van der Waals surface area contributed by atoms with Crippen LogP contribution in [0, 0.1) is 5.92 Å². The zero-order valence-electron chi connectivity index (χ0n) is 16.5. The molecule has 1 aromatic rings. The van der Waals surface area contributed by atoms with Crippen LogP contribution in [-0.2, 0) is 16.6 Å². The van der Waals surface area contributed by atoms with Crippen molar-refractivity contribution in [3.63, 3.8) is 0 Å². The predicted octanol–water partition coefficient (Wildman–Crippen LogP) is 3.24. The Morgan fingerprint density at radius 1 is 1.15 bits per heavy atom. The molecule has 0 unspecified atom stereocenters. The maximum atomic E-state index is 12.2. The quantitative estimate of drug-likeness (QED) is 0.196. The first-order chi connectivity index (χ1) is 12.4. The summed E-state index contributed by atoms with van der Waals surface area (Å²) in [5.41, 5.74) is 1.01. The van der Waals surface area contributed by atoms with Crippen LogP contribution >= 0.6 is 24.0 Å². The van der Waals surface area contributed by atoms with Gasteiger partial charge < -0.3 is 10.6 Å². The van der Waals surface area contributed by atoms with Gasteiger partial charge in [0.2, 0.25) is 10.0 Å². The lowest BCUT2D eigenvalue weighted by atomic mass is 10.1. The first-order valence-corrected chi connectivity index (χ1v) is 10.9. The number of hydrogen-bond acceptors (Lipinski definition) is 3. The molecule has 0 radical (unpaired) electrons. The average molecular weight is 508 g/mol. The summed E-state index contributed by atoms with van der Waals surface area (Å²) in [5.74, 6) is 1.51. The molecular weight excluding hydrogens is 475 g/mol. The maximum absolute atomic E-state index is 12.2. The molecule has 2 rings (SSSR count). The Labute approximate surface area is 181 Å². The molecule has 0 saturated heterocycles. The number of sulfonamides is 1. The molecule has 0 atom stereocenters. The molecule has 0 amide bonds. The molecule has 3 N–H and O–H groups in total. The minimum Gasteiger partial charge on any atom is -0.356 e. The minimum atomic E-state index is -3.38. The second-order valence-corrected chi connectivity index (χ2v) is 9.00. The van der Waals surface area contributed by atoms with Gasteiger partial charge in [0.15, 0.2) is 5.96 Å². The van der Waals surface area contributed by atoms with Gasteiger partial charge in [-0.3, -0.25) is 4.99 Å². The number of benzene rings is 1. The van der Waals surface area contributed by atoms with Gasteiger partial charge in [0, 0.05) is 26.2 Å². The van der Waals surface area contributed by atoms with Crippen LogP contribution in [0.3, 0.4) is 0 Å². The van der Waals surface area contributed by atoms with Crippen molar-refractivity contribution in [3.8, 4) is 0 Å². The number of nitrogens with one attached hydrogen (secondary N) is 3. The van der Waals surface area contributed by atoms with E-state index in [0.29, 0.717) is 11.4 Å². The minimum absolute atomic E-state index is 0. The number of halogens is 1. The van der Waals surface area contributed by atoms with E-state index in [-0.39, 0.29) is 30.0 Å². The van der Waals surface area contributed by atoms with E-state index in [1.165, 1.54) is 12.8 Å². The summed E-state index contributed by atoms with van der Waals surface area (Å²) in [6, 6.07) is 7.11. The molecule has 1 aliphatic rings. The standard InChI is InChI=1S/C19H32N4O2S.HI/c1-15(2)6-4-5-13-21-19(20-3)22-14-16-7-11-18(12-8-16)26(24,25)23-17-9-10-17;/h7-8,11-12,15,17,23H,4-6,9-10,13-14H2,1-3H3,(H2,20,21,22);1H. The largest absolute Gasteiger partial charge is 0.356 e. The molecule has 0 bridgehead atoms. The summed E-state index contributed by atoms with van der Waals surface area (Å²) < 4.78 is 27.0. The summed E-state index contributed by atoms with van der Waals surface area (Å²) in [7, 11) is -1.63. The molecule has 0 aromatic heterocycles. The van der Waals surface area contributed by atoms with Crippen molar-refractivity contribution in [1.82, 2.24) is 15.4 Å². The van der Waals surface area contributed by atoms with E-state index in [1.54, 1.807) is 19.2 Å². The second-order valence-electron chi connectivity index (χ2n) is 7.28. The van der Waals surface area contributed by atoms with Crippen molar-refractivity contribution in [2.75, 3.05) is 13.6 Å². The van der Waals surface area contributed by atoms with E-state index in [2.05, 4.69) is 34.2 Å². The molecular formula is C19H33IN4O2S. The average Bonchev–Trinajstić information content (AvgIpc) is 3.40. The predicted molar refractivity (Wildman–Crippen MR) is 122 cm³/mol. The lowest BCUT2D eigenvalue weighted by Gasteiger charge is -2.12. The van der Waals surface area contributed by atoms with Crippen LogP contribution in [0.4, 0.5) is 0 Å². The highest BCUT2D eigenvalue weighted by Gasteiger charge is 2.27. The number of rotatable bonds is 10. The van der Waals surface area contributed by atoms with Gasteiger partial charge in [-0.05, 0) is 42.9 Å². The van der Waals surface area contributed by atoms with Crippen molar-refractivity contribution in [3.05, 3.63) is 29.8 Å². The fraction of sp³-hybridized carbons (Fsp3) is 0.632. The van der Waals surface area contributed by atoms with E-state index in [0.717, 1.165) is 43.2 Å². The van der Waals surface area contributed by atoms with Gasteiger partial charge in [-0.2, -0.15) is 0 Å². The van der Waals surface area contributed by atoms with E-state index >= 15 is 0 Å². The third-order valence-corrected chi connectivity index (χ3v) is 5.85. The van der Waals surface area contributed by atoms with Crippen LogP contribution < -0.4 is 15.4 Å². The van der Waals surface area contributed by atoms with Crippen LogP contribution in [-0.4, -0.2) is 34.0 Å². The Morgan fingerprint density at radius 2 is 1.81 bits per heavy atom. The molecule has 6 nitrogen and oxygen atoms in total. The third kappa shape index (κ3) is 9.25. The molecule has 1 aliphatic carbocycles. The molecule has 1 saturated carbocycles. The Bertz CT molecular complexity index is 686. The SMILES string of the molecule is CN=C(NCCCCC(C)C)NCc1ccc(S(=O)(=O)NC2CC2)cc1.I. The topological polar surface area (TPSA) is 82.6 Å². The number of guanidine groups is 1. The highest BCUT2D eigenvalue weighted by molar-refractivity contribution is 14.0. The highest BCUT2D eigenvalue weighted by atomic mass is 127. The van der Waals surface area contributed by atoms with Crippen LogP contribution in [0.15, 0.2) is 34.2 Å². The van der Waals surface area contributed by atoms with Crippen molar-refractivity contribution in [2.45, 2.75) is 63.4 Å². The van der Waals surface area contributed by atoms with Crippen molar-refractivity contribution < 1.29 is 8.42 Å². The summed E-state index contributed by atoms with van der Waals surface area (Å²) in [5, 5.41) is 6.57. The monoisotopic (exact) mass is 508 g/mol. The van der Waals surface area contributed by atoms with Gasteiger partial charge in [-0.15, -0.1) is 24.0 Å². The maximum Gasteiger partial charge on any atom is 0.240 e. The Hall–Kier alpha value is -0.870.